The second kappa shape index (κ2) is 4.92. The van der Waals surface area contributed by atoms with Crippen molar-refractivity contribution < 1.29 is 22.0 Å². The van der Waals surface area contributed by atoms with Crippen LogP contribution in [-0.4, -0.2) is 24.7 Å². The van der Waals surface area contributed by atoms with Crippen molar-refractivity contribution in [1.82, 2.24) is 24.7 Å². The van der Waals surface area contributed by atoms with Crippen molar-refractivity contribution >= 4 is 11.2 Å². The van der Waals surface area contributed by atoms with Crippen LogP contribution < -0.4 is 0 Å². The molecule has 0 spiro atoms. The predicted molar refractivity (Wildman–Crippen MR) is 71.7 cm³/mol. The Morgan fingerprint density at radius 2 is 1.83 bits per heavy atom. The van der Waals surface area contributed by atoms with E-state index in [2.05, 4.69) is 20.2 Å². The predicted octanol–water partition coefficient (Wildman–Crippen LogP) is 3.52. The van der Waals surface area contributed by atoms with E-state index >= 15 is 0 Å². The van der Waals surface area contributed by atoms with Gasteiger partial charge in [-0.05, 0) is 18.9 Å². The van der Waals surface area contributed by atoms with Crippen LogP contribution in [0.4, 0.5) is 22.0 Å². The van der Waals surface area contributed by atoms with E-state index in [9.17, 15) is 22.0 Å². The number of rotatable bonds is 2. The molecule has 0 unspecified atom stereocenters. The monoisotopic (exact) mass is 341 g/mol. The van der Waals surface area contributed by atoms with Gasteiger partial charge in [-0.15, -0.1) is 5.10 Å². The van der Waals surface area contributed by atoms with Crippen molar-refractivity contribution in [2.75, 3.05) is 0 Å². The van der Waals surface area contributed by atoms with Gasteiger partial charge in [0.2, 0.25) is 0 Å². The van der Waals surface area contributed by atoms with Gasteiger partial charge in [0.1, 0.15) is 11.3 Å². The Labute approximate surface area is 131 Å². The van der Waals surface area contributed by atoms with Crippen LogP contribution in [-0.2, 0) is 6.18 Å². The fourth-order valence-corrected chi connectivity index (χ4v) is 2.49. The lowest BCUT2D eigenvalue weighted by Crippen LogP contribution is -2.09. The minimum Gasteiger partial charge on any atom is -0.305 e. The molecule has 1 fully saturated rings. The van der Waals surface area contributed by atoms with Crippen LogP contribution in [0.1, 0.15) is 24.6 Å². The highest BCUT2D eigenvalue weighted by molar-refractivity contribution is 5.77. The number of aromatic nitrogens is 5. The Hall–Kier alpha value is -2.65. The second-order valence-electron chi connectivity index (χ2n) is 5.47. The third kappa shape index (κ3) is 2.38. The van der Waals surface area contributed by atoms with E-state index in [1.807, 2.05) is 0 Å². The fourth-order valence-electron chi connectivity index (χ4n) is 2.49. The molecule has 24 heavy (non-hydrogen) atoms. The first-order valence-corrected chi connectivity index (χ1v) is 6.99. The molecule has 0 aliphatic heterocycles. The molecule has 0 saturated heterocycles. The summed E-state index contributed by atoms with van der Waals surface area (Å²) in [6.07, 6.45) is -2.02. The van der Waals surface area contributed by atoms with Crippen LogP contribution in [0.15, 0.2) is 18.3 Å². The minimum absolute atomic E-state index is 0.0584. The van der Waals surface area contributed by atoms with Crippen LogP contribution in [0.5, 0.6) is 0 Å². The Balaban J connectivity index is 1.95. The molecule has 3 aromatic heterocycles. The van der Waals surface area contributed by atoms with Gasteiger partial charge in [0, 0.05) is 17.7 Å². The summed E-state index contributed by atoms with van der Waals surface area (Å²) in [7, 11) is 0. The van der Waals surface area contributed by atoms with Crippen LogP contribution in [0.2, 0.25) is 0 Å². The molecule has 0 radical (unpaired) electrons. The largest absolute Gasteiger partial charge is 0.435 e. The molecule has 0 aromatic carbocycles. The summed E-state index contributed by atoms with van der Waals surface area (Å²) in [6, 6.07) is 1.61. The lowest BCUT2D eigenvalue weighted by Gasteiger charge is -2.09. The number of alkyl halides is 3. The van der Waals surface area contributed by atoms with Crippen molar-refractivity contribution in [3.63, 3.8) is 0 Å². The molecule has 5 nitrogen and oxygen atoms in total. The smallest absolute Gasteiger partial charge is 0.305 e. The maximum atomic E-state index is 13.4. The first-order valence-electron chi connectivity index (χ1n) is 6.99. The molecule has 0 bridgehead atoms. The molecule has 3 aromatic rings. The number of pyridine rings is 1. The van der Waals surface area contributed by atoms with Crippen molar-refractivity contribution in [2.45, 2.75) is 25.1 Å². The summed E-state index contributed by atoms with van der Waals surface area (Å²) in [6.45, 7) is 0. The van der Waals surface area contributed by atoms with Gasteiger partial charge in [0.05, 0.1) is 6.20 Å². The Kier molecular flexibility index (Phi) is 3.06. The number of nitrogens with zero attached hydrogens (tertiary/aromatic N) is 5. The Bertz CT molecular complexity index is 945. The zero-order valence-electron chi connectivity index (χ0n) is 11.8. The fraction of sp³-hybridized carbons (Fsp3) is 0.286. The van der Waals surface area contributed by atoms with Gasteiger partial charge in [-0.1, -0.05) is 0 Å². The zero-order valence-corrected chi connectivity index (χ0v) is 11.8. The third-order valence-corrected chi connectivity index (χ3v) is 3.69. The zero-order chi connectivity index (χ0) is 17.1. The van der Waals surface area contributed by atoms with Crippen molar-refractivity contribution in [2.24, 2.45) is 0 Å². The highest BCUT2D eigenvalue weighted by Crippen LogP contribution is 2.41. The highest BCUT2D eigenvalue weighted by Gasteiger charge is 2.35. The molecule has 4 rings (SSSR count). The highest BCUT2D eigenvalue weighted by atomic mass is 19.4. The van der Waals surface area contributed by atoms with Gasteiger partial charge in [0.15, 0.2) is 17.2 Å². The van der Waals surface area contributed by atoms with E-state index in [-0.39, 0.29) is 28.6 Å². The van der Waals surface area contributed by atoms with Gasteiger partial charge in [-0.3, -0.25) is 0 Å². The van der Waals surface area contributed by atoms with Crippen molar-refractivity contribution in [1.29, 1.82) is 0 Å². The van der Waals surface area contributed by atoms with Crippen molar-refractivity contribution in [3.05, 3.63) is 35.8 Å². The van der Waals surface area contributed by atoms with E-state index in [1.54, 1.807) is 0 Å². The van der Waals surface area contributed by atoms with E-state index in [1.165, 1.54) is 4.57 Å². The molecule has 0 atom stereocenters. The van der Waals surface area contributed by atoms with Gasteiger partial charge in [0.25, 0.3) is 5.95 Å². The molecule has 1 saturated carbocycles. The van der Waals surface area contributed by atoms with E-state index in [4.69, 9.17) is 0 Å². The molecule has 1 aliphatic carbocycles. The lowest BCUT2D eigenvalue weighted by atomic mass is 10.2. The number of hydrogen-bond acceptors (Lipinski definition) is 4. The normalized spacial score (nSPS) is 15.2. The van der Waals surface area contributed by atoms with E-state index < -0.39 is 23.6 Å². The summed E-state index contributed by atoms with van der Waals surface area (Å²) in [5, 5.41) is 6.42. The van der Waals surface area contributed by atoms with Gasteiger partial charge in [-0.2, -0.15) is 27.6 Å². The molecule has 10 heteroatoms. The Morgan fingerprint density at radius 3 is 2.50 bits per heavy atom. The summed E-state index contributed by atoms with van der Waals surface area (Å²) in [5.74, 6) is -2.32. The molecular weight excluding hydrogens is 333 g/mol. The number of hydrogen-bond donors (Lipinski definition) is 0. The average molecular weight is 341 g/mol. The summed E-state index contributed by atoms with van der Waals surface area (Å²) >= 11 is 0. The molecular formula is C14H8F5N5. The molecule has 3 heterocycles. The third-order valence-electron chi connectivity index (χ3n) is 3.69. The van der Waals surface area contributed by atoms with Crippen LogP contribution in [0.3, 0.4) is 0 Å². The SMILES string of the molecule is Fc1cc2nc(-c3cnnc(C(F)(F)F)c3)n(C3CC3)c2nc1F. The standard InChI is InChI=1S/C14H8F5N5/c15-8-4-9-13(22-11(8)16)24(7-1-2-7)12(21-9)6-3-10(14(17,18)19)23-20-5-6/h3-5,7H,1-2H2. The lowest BCUT2D eigenvalue weighted by molar-refractivity contribution is -0.141. The topological polar surface area (TPSA) is 56.5 Å². The van der Waals surface area contributed by atoms with Crippen LogP contribution >= 0.6 is 0 Å². The molecule has 124 valence electrons. The maximum absolute atomic E-state index is 13.4. The van der Waals surface area contributed by atoms with Gasteiger partial charge >= 0.3 is 6.18 Å². The summed E-state index contributed by atoms with van der Waals surface area (Å²) in [4.78, 5) is 7.68. The first-order chi connectivity index (χ1) is 11.3. The summed E-state index contributed by atoms with van der Waals surface area (Å²) < 4.78 is 66.8. The molecule has 0 amide bonds. The van der Waals surface area contributed by atoms with Gasteiger partial charge in [-0.25, -0.2) is 9.37 Å². The first kappa shape index (κ1) is 14.9. The maximum Gasteiger partial charge on any atom is 0.435 e. The van der Waals surface area contributed by atoms with Crippen LogP contribution in [0, 0.1) is 11.8 Å². The number of imidazole rings is 1. The van der Waals surface area contributed by atoms with Crippen molar-refractivity contribution in [3.8, 4) is 11.4 Å². The van der Waals surface area contributed by atoms with E-state index in [0.717, 1.165) is 31.2 Å². The molecule has 0 N–H and O–H groups in total. The second-order valence-corrected chi connectivity index (χ2v) is 5.47. The van der Waals surface area contributed by atoms with Gasteiger partial charge < -0.3 is 4.57 Å². The average Bonchev–Trinajstić information content (AvgIpc) is 3.30. The number of halogens is 5. The quantitative estimate of drug-likeness (QED) is 0.529. The molecule has 1 aliphatic rings. The Morgan fingerprint density at radius 1 is 1.08 bits per heavy atom. The van der Waals surface area contributed by atoms with Crippen LogP contribution in [0.25, 0.3) is 22.6 Å². The summed E-state index contributed by atoms with van der Waals surface area (Å²) in [5.41, 5.74) is -0.944. The minimum atomic E-state index is -4.66. The number of fused-ring (bicyclic) bond motifs is 1. The van der Waals surface area contributed by atoms with E-state index in [0.29, 0.717) is 0 Å².